The van der Waals surface area contributed by atoms with Crippen molar-refractivity contribution in [2.45, 2.75) is 0 Å². The first-order valence-electron chi connectivity index (χ1n) is 6.04. The van der Waals surface area contributed by atoms with Crippen LogP contribution in [0.3, 0.4) is 0 Å². The number of imidazole rings is 1. The smallest absolute Gasteiger partial charge is 0.168 e. The van der Waals surface area contributed by atoms with Crippen molar-refractivity contribution in [2.24, 2.45) is 0 Å². The summed E-state index contributed by atoms with van der Waals surface area (Å²) in [4.78, 5) is 15.5. The SMILES string of the molecule is O=Cc1cnc(-c2ccccc2)n1-c1ccccc1. The zero-order valence-corrected chi connectivity index (χ0v) is 10.2. The van der Waals surface area contributed by atoms with Gasteiger partial charge in [0.1, 0.15) is 11.5 Å². The Morgan fingerprint density at radius 1 is 0.895 bits per heavy atom. The minimum atomic E-state index is 0.546. The highest BCUT2D eigenvalue weighted by molar-refractivity contribution is 5.76. The molecule has 0 bridgehead atoms. The van der Waals surface area contributed by atoms with Crippen molar-refractivity contribution in [1.82, 2.24) is 9.55 Å². The molecule has 3 aromatic rings. The summed E-state index contributed by atoms with van der Waals surface area (Å²) < 4.78 is 1.86. The molecule has 92 valence electrons. The molecule has 0 aliphatic carbocycles. The molecule has 0 atom stereocenters. The molecule has 1 heterocycles. The van der Waals surface area contributed by atoms with Gasteiger partial charge in [0, 0.05) is 11.3 Å². The largest absolute Gasteiger partial charge is 0.296 e. The summed E-state index contributed by atoms with van der Waals surface area (Å²) in [7, 11) is 0. The van der Waals surface area contributed by atoms with E-state index in [1.807, 2.05) is 65.2 Å². The zero-order valence-electron chi connectivity index (χ0n) is 10.2. The van der Waals surface area contributed by atoms with Gasteiger partial charge < -0.3 is 0 Å². The first kappa shape index (κ1) is 11.4. The van der Waals surface area contributed by atoms with E-state index in [1.165, 1.54) is 0 Å². The lowest BCUT2D eigenvalue weighted by molar-refractivity contribution is 0.111. The Labute approximate surface area is 111 Å². The number of aldehydes is 1. The number of carbonyl (C=O) groups is 1. The number of para-hydroxylation sites is 1. The number of nitrogens with zero attached hydrogens (tertiary/aromatic N) is 2. The van der Waals surface area contributed by atoms with E-state index in [4.69, 9.17) is 0 Å². The molecule has 0 N–H and O–H groups in total. The number of carbonyl (C=O) groups excluding carboxylic acids is 1. The van der Waals surface area contributed by atoms with Crippen LogP contribution < -0.4 is 0 Å². The average molecular weight is 248 g/mol. The van der Waals surface area contributed by atoms with Gasteiger partial charge in [0.05, 0.1) is 6.20 Å². The van der Waals surface area contributed by atoms with Crippen molar-refractivity contribution in [1.29, 1.82) is 0 Å². The van der Waals surface area contributed by atoms with Gasteiger partial charge >= 0.3 is 0 Å². The van der Waals surface area contributed by atoms with Gasteiger partial charge in [-0.3, -0.25) is 9.36 Å². The Kier molecular flexibility index (Phi) is 2.94. The monoisotopic (exact) mass is 248 g/mol. The maximum absolute atomic E-state index is 11.2. The fourth-order valence-electron chi connectivity index (χ4n) is 2.09. The summed E-state index contributed by atoms with van der Waals surface area (Å²) in [6, 6.07) is 19.6. The fraction of sp³-hybridized carbons (Fsp3) is 0. The zero-order chi connectivity index (χ0) is 13.1. The van der Waals surface area contributed by atoms with E-state index in [2.05, 4.69) is 4.98 Å². The van der Waals surface area contributed by atoms with Gasteiger partial charge in [-0.1, -0.05) is 48.5 Å². The Balaban J connectivity index is 2.23. The first-order chi connectivity index (χ1) is 9.40. The van der Waals surface area contributed by atoms with Gasteiger partial charge in [-0.25, -0.2) is 4.98 Å². The molecule has 0 aliphatic heterocycles. The molecule has 0 radical (unpaired) electrons. The lowest BCUT2D eigenvalue weighted by Crippen LogP contribution is -2.01. The lowest BCUT2D eigenvalue weighted by atomic mass is 10.2. The molecule has 0 unspecified atom stereocenters. The molecule has 3 nitrogen and oxygen atoms in total. The summed E-state index contributed by atoms with van der Waals surface area (Å²) in [6.07, 6.45) is 2.43. The second kappa shape index (κ2) is 4.90. The van der Waals surface area contributed by atoms with Gasteiger partial charge in [-0.15, -0.1) is 0 Å². The van der Waals surface area contributed by atoms with E-state index in [-0.39, 0.29) is 0 Å². The normalized spacial score (nSPS) is 10.3. The Hall–Kier alpha value is -2.68. The van der Waals surface area contributed by atoms with Gasteiger partial charge in [-0.05, 0) is 12.1 Å². The average Bonchev–Trinajstić information content (AvgIpc) is 2.93. The van der Waals surface area contributed by atoms with Crippen molar-refractivity contribution in [3.05, 3.63) is 72.6 Å². The highest BCUT2D eigenvalue weighted by Crippen LogP contribution is 2.23. The van der Waals surface area contributed by atoms with Gasteiger partial charge in [0.25, 0.3) is 0 Å². The van der Waals surface area contributed by atoms with E-state index < -0.39 is 0 Å². The van der Waals surface area contributed by atoms with Crippen LogP contribution in [-0.2, 0) is 0 Å². The lowest BCUT2D eigenvalue weighted by Gasteiger charge is -2.09. The topological polar surface area (TPSA) is 34.9 Å². The molecule has 19 heavy (non-hydrogen) atoms. The van der Waals surface area contributed by atoms with Crippen LogP contribution in [0, 0.1) is 0 Å². The molecular weight excluding hydrogens is 236 g/mol. The van der Waals surface area contributed by atoms with Crippen molar-refractivity contribution in [3.63, 3.8) is 0 Å². The first-order valence-corrected chi connectivity index (χ1v) is 6.04. The van der Waals surface area contributed by atoms with E-state index in [0.29, 0.717) is 5.69 Å². The van der Waals surface area contributed by atoms with Gasteiger partial charge in [-0.2, -0.15) is 0 Å². The summed E-state index contributed by atoms with van der Waals surface area (Å²) >= 11 is 0. The molecular formula is C16H12N2O. The summed E-state index contributed by atoms with van der Waals surface area (Å²) in [5.74, 6) is 0.772. The predicted octanol–water partition coefficient (Wildman–Crippen LogP) is 3.35. The Morgan fingerprint density at radius 3 is 2.16 bits per heavy atom. The molecule has 0 saturated heterocycles. The third-order valence-corrected chi connectivity index (χ3v) is 2.96. The van der Waals surface area contributed by atoms with Crippen LogP contribution in [0.15, 0.2) is 66.9 Å². The fourth-order valence-corrected chi connectivity index (χ4v) is 2.09. The molecule has 0 spiro atoms. The van der Waals surface area contributed by atoms with Crippen LogP contribution in [0.5, 0.6) is 0 Å². The highest BCUT2D eigenvalue weighted by atomic mass is 16.1. The Bertz CT molecular complexity index is 687. The number of benzene rings is 2. The molecule has 0 saturated carbocycles. The van der Waals surface area contributed by atoms with Crippen molar-refractivity contribution in [3.8, 4) is 17.1 Å². The van der Waals surface area contributed by atoms with E-state index in [0.717, 1.165) is 23.4 Å². The molecule has 3 heteroatoms. The number of hydrogen-bond donors (Lipinski definition) is 0. The second-order valence-electron chi connectivity index (χ2n) is 4.16. The van der Waals surface area contributed by atoms with Crippen LogP contribution in [0.4, 0.5) is 0 Å². The minimum Gasteiger partial charge on any atom is -0.296 e. The summed E-state index contributed by atoms with van der Waals surface area (Å²) in [5, 5.41) is 0. The van der Waals surface area contributed by atoms with Crippen molar-refractivity contribution in [2.75, 3.05) is 0 Å². The van der Waals surface area contributed by atoms with Gasteiger partial charge in [0.2, 0.25) is 0 Å². The molecule has 1 aromatic heterocycles. The molecule has 0 amide bonds. The molecule has 2 aromatic carbocycles. The Morgan fingerprint density at radius 2 is 1.53 bits per heavy atom. The van der Waals surface area contributed by atoms with Crippen LogP contribution in [-0.4, -0.2) is 15.8 Å². The van der Waals surface area contributed by atoms with Gasteiger partial charge in [0.15, 0.2) is 6.29 Å². The summed E-state index contributed by atoms with van der Waals surface area (Å²) in [6.45, 7) is 0. The highest BCUT2D eigenvalue weighted by Gasteiger charge is 2.12. The summed E-state index contributed by atoms with van der Waals surface area (Å²) in [5.41, 5.74) is 2.46. The molecule has 3 rings (SSSR count). The van der Waals surface area contributed by atoms with Crippen LogP contribution >= 0.6 is 0 Å². The number of rotatable bonds is 3. The maximum Gasteiger partial charge on any atom is 0.168 e. The minimum absolute atomic E-state index is 0.546. The predicted molar refractivity (Wildman–Crippen MR) is 74.4 cm³/mol. The van der Waals surface area contributed by atoms with Crippen molar-refractivity contribution >= 4 is 6.29 Å². The quantitative estimate of drug-likeness (QED) is 0.666. The van der Waals surface area contributed by atoms with E-state index in [9.17, 15) is 4.79 Å². The van der Waals surface area contributed by atoms with Crippen molar-refractivity contribution < 1.29 is 4.79 Å². The maximum atomic E-state index is 11.2. The molecule has 0 fully saturated rings. The third kappa shape index (κ3) is 2.06. The van der Waals surface area contributed by atoms with E-state index in [1.54, 1.807) is 6.20 Å². The number of aromatic nitrogens is 2. The number of hydrogen-bond acceptors (Lipinski definition) is 2. The third-order valence-electron chi connectivity index (χ3n) is 2.96. The van der Waals surface area contributed by atoms with E-state index >= 15 is 0 Å². The standard InChI is InChI=1S/C16H12N2O/c19-12-15-11-17-16(13-7-3-1-4-8-13)18(15)14-9-5-2-6-10-14/h1-12H. The van der Waals surface area contributed by atoms with Crippen LogP contribution in [0.2, 0.25) is 0 Å². The van der Waals surface area contributed by atoms with Crippen LogP contribution in [0.1, 0.15) is 10.5 Å². The molecule has 0 aliphatic rings. The van der Waals surface area contributed by atoms with Crippen LogP contribution in [0.25, 0.3) is 17.1 Å². The second-order valence-corrected chi connectivity index (χ2v) is 4.16.